The van der Waals surface area contributed by atoms with Gasteiger partial charge in [-0.15, -0.1) is 0 Å². The number of para-hydroxylation sites is 1. The highest BCUT2D eigenvalue weighted by Crippen LogP contribution is 2.17. The van der Waals surface area contributed by atoms with Crippen molar-refractivity contribution in [2.75, 3.05) is 11.9 Å². The number of rotatable bonds is 6. The fraction of sp³-hybridized carbons (Fsp3) is 0.312. The molecule has 0 fully saturated rings. The van der Waals surface area contributed by atoms with Gasteiger partial charge in [0.15, 0.2) is 5.89 Å². The summed E-state index contributed by atoms with van der Waals surface area (Å²) in [5.74, 6) is -0.0778. The zero-order chi connectivity index (χ0) is 15.9. The number of amides is 1. The quantitative estimate of drug-likeness (QED) is 0.830. The van der Waals surface area contributed by atoms with Crippen molar-refractivity contribution in [1.29, 1.82) is 0 Å². The normalized spacial score (nSPS) is 10.3. The molecule has 1 N–H and O–H groups in total. The topological polar surface area (TPSA) is 81.4 Å². The lowest BCUT2D eigenvalue weighted by atomic mass is 10.1. The Kier molecular flexibility index (Phi) is 5.30. The number of benzene rings is 1. The molecule has 1 aromatic heterocycles. The Balaban J connectivity index is 1.97. The van der Waals surface area contributed by atoms with E-state index >= 15 is 0 Å². The van der Waals surface area contributed by atoms with Crippen LogP contribution in [0.25, 0.3) is 0 Å². The summed E-state index contributed by atoms with van der Waals surface area (Å²) in [4.78, 5) is 28.0. The molecule has 1 amide bonds. The molecule has 22 heavy (non-hydrogen) atoms. The van der Waals surface area contributed by atoms with Crippen LogP contribution in [0.4, 0.5) is 5.69 Å². The lowest BCUT2D eigenvalue weighted by Crippen LogP contribution is -2.16. The maximum absolute atomic E-state index is 12.0. The maximum Gasteiger partial charge on any atom is 0.340 e. The predicted octanol–water partition coefficient (Wildman–Crippen LogP) is 2.73. The summed E-state index contributed by atoms with van der Waals surface area (Å²) in [6.45, 7) is 3.77. The van der Waals surface area contributed by atoms with Crippen molar-refractivity contribution in [3.8, 4) is 0 Å². The van der Waals surface area contributed by atoms with Crippen molar-refractivity contribution >= 4 is 17.6 Å². The van der Waals surface area contributed by atoms with Gasteiger partial charge in [-0.1, -0.05) is 12.1 Å². The van der Waals surface area contributed by atoms with Crippen LogP contribution < -0.4 is 5.32 Å². The van der Waals surface area contributed by atoms with E-state index in [4.69, 9.17) is 9.15 Å². The molecule has 2 rings (SSSR count). The first kappa shape index (κ1) is 15.8. The van der Waals surface area contributed by atoms with Gasteiger partial charge in [0, 0.05) is 19.8 Å². The lowest BCUT2D eigenvalue weighted by molar-refractivity contribution is -0.116. The van der Waals surface area contributed by atoms with Gasteiger partial charge in [0.05, 0.1) is 23.6 Å². The van der Waals surface area contributed by atoms with Gasteiger partial charge in [0.25, 0.3) is 0 Å². The first-order chi connectivity index (χ1) is 10.6. The number of carbonyl (C=O) groups excluding carboxylic acids is 2. The smallest absolute Gasteiger partial charge is 0.340 e. The molecular weight excluding hydrogens is 284 g/mol. The zero-order valence-electron chi connectivity index (χ0n) is 12.6. The molecule has 1 heterocycles. The summed E-state index contributed by atoms with van der Waals surface area (Å²) < 4.78 is 10.1. The van der Waals surface area contributed by atoms with Gasteiger partial charge in [-0.25, -0.2) is 9.78 Å². The Morgan fingerprint density at radius 2 is 2.09 bits per heavy atom. The van der Waals surface area contributed by atoms with Crippen molar-refractivity contribution in [2.24, 2.45) is 0 Å². The van der Waals surface area contributed by atoms with Crippen LogP contribution in [0.2, 0.25) is 0 Å². The Morgan fingerprint density at radius 3 is 2.77 bits per heavy atom. The lowest BCUT2D eigenvalue weighted by Gasteiger charge is -2.09. The molecule has 0 aliphatic rings. The second-order valence-corrected chi connectivity index (χ2v) is 4.67. The number of aromatic nitrogens is 1. The van der Waals surface area contributed by atoms with Crippen molar-refractivity contribution in [2.45, 2.75) is 26.7 Å². The minimum Gasteiger partial charge on any atom is -0.462 e. The Labute approximate surface area is 128 Å². The Bertz CT molecular complexity index is 664. The van der Waals surface area contributed by atoms with Gasteiger partial charge in [-0.2, -0.15) is 0 Å². The third-order valence-corrected chi connectivity index (χ3v) is 2.97. The first-order valence-electron chi connectivity index (χ1n) is 7.07. The number of nitrogens with one attached hydrogen (secondary N) is 1. The minimum atomic E-state index is -0.453. The van der Waals surface area contributed by atoms with Crippen LogP contribution in [0.15, 0.2) is 34.9 Å². The number of hydrogen-bond acceptors (Lipinski definition) is 5. The third-order valence-electron chi connectivity index (χ3n) is 2.97. The summed E-state index contributed by atoms with van der Waals surface area (Å²) in [6.07, 6.45) is 2.27. The fourth-order valence-electron chi connectivity index (χ4n) is 1.96. The van der Waals surface area contributed by atoms with E-state index in [2.05, 4.69) is 10.3 Å². The van der Waals surface area contributed by atoms with Gasteiger partial charge < -0.3 is 14.5 Å². The van der Waals surface area contributed by atoms with Crippen LogP contribution in [0.1, 0.15) is 35.3 Å². The van der Waals surface area contributed by atoms with Crippen LogP contribution in [-0.2, 0) is 16.0 Å². The molecule has 0 saturated carbocycles. The van der Waals surface area contributed by atoms with E-state index in [1.165, 1.54) is 6.26 Å². The highest BCUT2D eigenvalue weighted by Gasteiger charge is 2.14. The molecule has 1 aromatic carbocycles. The highest BCUT2D eigenvalue weighted by atomic mass is 16.5. The molecule has 0 atom stereocenters. The van der Waals surface area contributed by atoms with E-state index in [0.29, 0.717) is 23.6 Å². The number of hydrogen-bond donors (Lipinski definition) is 1. The van der Waals surface area contributed by atoms with Gasteiger partial charge in [0.1, 0.15) is 6.26 Å². The molecule has 0 aliphatic carbocycles. The molecule has 2 aromatic rings. The molecule has 116 valence electrons. The average molecular weight is 302 g/mol. The number of carbonyl (C=O) groups is 2. The second-order valence-electron chi connectivity index (χ2n) is 4.67. The second kappa shape index (κ2) is 7.40. The third kappa shape index (κ3) is 4.18. The zero-order valence-corrected chi connectivity index (χ0v) is 12.6. The first-order valence-corrected chi connectivity index (χ1v) is 7.07. The highest BCUT2D eigenvalue weighted by molar-refractivity contribution is 6.01. The number of anilines is 1. The van der Waals surface area contributed by atoms with Crippen molar-refractivity contribution in [3.63, 3.8) is 0 Å². The van der Waals surface area contributed by atoms with Crippen LogP contribution in [0.3, 0.4) is 0 Å². The van der Waals surface area contributed by atoms with Crippen LogP contribution in [0.5, 0.6) is 0 Å². The Hall–Kier alpha value is -2.63. The summed E-state index contributed by atoms with van der Waals surface area (Å²) in [6, 6.07) is 6.76. The summed E-state index contributed by atoms with van der Waals surface area (Å²) in [5.41, 5.74) is 1.52. The molecule has 6 nitrogen and oxygen atoms in total. The molecule has 0 radical (unpaired) electrons. The van der Waals surface area contributed by atoms with Crippen molar-refractivity contribution in [1.82, 2.24) is 4.98 Å². The standard InChI is InChI=1S/C16H18N2O4/c1-3-21-16(20)13-6-4-5-7-14(13)18-15(19)9-8-12-10-22-11(2)17-12/h4-7,10H,3,8-9H2,1-2H3,(H,18,19). The molecule has 0 unspecified atom stereocenters. The van der Waals surface area contributed by atoms with Crippen molar-refractivity contribution < 1.29 is 18.7 Å². The monoisotopic (exact) mass is 302 g/mol. The van der Waals surface area contributed by atoms with Crippen LogP contribution >= 0.6 is 0 Å². The predicted molar refractivity (Wildman–Crippen MR) is 80.6 cm³/mol. The van der Waals surface area contributed by atoms with Crippen molar-refractivity contribution in [3.05, 3.63) is 47.7 Å². The molecular formula is C16H18N2O4. The summed E-state index contributed by atoms with van der Waals surface area (Å²) in [7, 11) is 0. The van der Waals surface area contributed by atoms with E-state index in [0.717, 1.165) is 5.69 Å². The van der Waals surface area contributed by atoms with Gasteiger partial charge in [0.2, 0.25) is 5.91 Å². The van der Waals surface area contributed by atoms with E-state index in [-0.39, 0.29) is 18.9 Å². The molecule has 0 bridgehead atoms. The van der Waals surface area contributed by atoms with Crippen LogP contribution in [0, 0.1) is 6.92 Å². The van der Waals surface area contributed by atoms with Gasteiger partial charge >= 0.3 is 5.97 Å². The number of oxazole rings is 1. The molecule has 0 aliphatic heterocycles. The molecule has 6 heteroatoms. The van der Waals surface area contributed by atoms with E-state index in [9.17, 15) is 9.59 Å². The number of ether oxygens (including phenoxy) is 1. The maximum atomic E-state index is 12.0. The Morgan fingerprint density at radius 1 is 1.32 bits per heavy atom. The molecule has 0 spiro atoms. The number of nitrogens with zero attached hydrogens (tertiary/aromatic N) is 1. The fourth-order valence-corrected chi connectivity index (χ4v) is 1.96. The van der Waals surface area contributed by atoms with Gasteiger partial charge in [-0.05, 0) is 19.1 Å². The van der Waals surface area contributed by atoms with E-state index < -0.39 is 5.97 Å². The molecule has 0 saturated heterocycles. The number of aryl methyl sites for hydroxylation is 2. The SMILES string of the molecule is CCOC(=O)c1ccccc1NC(=O)CCc1coc(C)n1. The van der Waals surface area contributed by atoms with Crippen LogP contribution in [-0.4, -0.2) is 23.5 Å². The largest absolute Gasteiger partial charge is 0.462 e. The average Bonchev–Trinajstić information content (AvgIpc) is 2.91. The summed E-state index contributed by atoms with van der Waals surface area (Å²) in [5, 5.41) is 2.73. The minimum absolute atomic E-state index is 0.197. The van der Waals surface area contributed by atoms with E-state index in [1.54, 1.807) is 38.1 Å². The number of esters is 1. The van der Waals surface area contributed by atoms with E-state index in [1.807, 2.05) is 0 Å². The summed E-state index contributed by atoms with van der Waals surface area (Å²) >= 11 is 0. The van der Waals surface area contributed by atoms with Gasteiger partial charge in [-0.3, -0.25) is 4.79 Å².